The van der Waals surface area contributed by atoms with Crippen molar-refractivity contribution >= 4 is 11.8 Å². The van der Waals surface area contributed by atoms with E-state index in [0.29, 0.717) is 11.1 Å². The molecule has 3 rings (SSSR count). The molecule has 0 aromatic heterocycles. The Bertz CT molecular complexity index is 676. The first-order valence-electron chi connectivity index (χ1n) is 6.74. The van der Waals surface area contributed by atoms with Crippen LogP contribution in [-0.4, -0.2) is 28.4 Å². The van der Waals surface area contributed by atoms with Crippen molar-refractivity contribution in [3.05, 3.63) is 71.3 Å². The maximum absolute atomic E-state index is 12.6. The van der Waals surface area contributed by atoms with Crippen LogP contribution in [0.25, 0.3) is 0 Å². The zero-order chi connectivity index (χ0) is 15.0. The zero-order valence-corrected chi connectivity index (χ0v) is 11.6. The first-order valence-corrected chi connectivity index (χ1v) is 6.74. The third-order valence-corrected chi connectivity index (χ3v) is 3.99. The van der Waals surface area contributed by atoms with Crippen LogP contribution in [0.2, 0.25) is 0 Å². The minimum atomic E-state index is -1.07. The number of benzene rings is 2. The van der Waals surface area contributed by atoms with Gasteiger partial charge in [0.15, 0.2) is 0 Å². The number of hydrogen-bond acceptors (Lipinski definition) is 3. The van der Waals surface area contributed by atoms with Crippen LogP contribution in [0.3, 0.4) is 0 Å². The predicted octanol–water partition coefficient (Wildman–Crippen LogP) is 2.19. The molecule has 2 aromatic rings. The number of rotatable bonds is 3. The largest absolute Gasteiger partial charge is 0.394 e. The fraction of sp³-hybridized carbons (Fsp3) is 0.176. The topological polar surface area (TPSA) is 57.6 Å². The van der Waals surface area contributed by atoms with E-state index in [1.54, 1.807) is 43.3 Å². The lowest BCUT2D eigenvalue weighted by molar-refractivity contribution is 0.0292. The summed E-state index contributed by atoms with van der Waals surface area (Å²) in [6, 6.07) is 15.8. The van der Waals surface area contributed by atoms with E-state index in [1.807, 2.05) is 18.2 Å². The summed E-state index contributed by atoms with van der Waals surface area (Å²) in [6.45, 7) is 1.37. The minimum Gasteiger partial charge on any atom is -0.394 e. The molecule has 2 aromatic carbocycles. The first-order chi connectivity index (χ1) is 10.1. The fourth-order valence-corrected chi connectivity index (χ4v) is 2.73. The van der Waals surface area contributed by atoms with Gasteiger partial charge in [0.2, 0.25) is 0 Å². The van der Waals surface area contributed by atoms with Gasteiger partial charge in [-0.3, -0.25) is 14.5 Å². The molecule has 4 nitrogen and oxygen atoms in total. The summed E-state index contributed by atoms with van der Waals surface area (Å²) in [5, 5.41) is 9.87. The van der Waals surface area contributed by atoms with Gasteiger partial charge in [0, 0.05) is 0 Å². The molecule has 1 heterocycles. The van der Waals surface area contributed by atoms with Crippen LogP contribution < -0.4 is 0 Å². The standard InChI is InChI=1S/C17H15NO3/c1-17(11-19,12-7-3-2-4-8-12)18-15(20)13-9-5-6-10-14(13)16(18)21/h2-10,19H,11H2,1H3. The molecule has 1 aliphatic heterocycles. The maximum atomic E-state index is 12.6. The van der Waals surface area contributed by atoms with Gasteiger partial charge in [0.1, 0.15) is 0 Å². The average molecular weight is 281 g/mol. The van der Waals surface area contributed by atoms with E-state index >= 15 is 0 Å². The minimum absolute atomic E-state index is 0.331. The summed E-state index contributed by atoms with van der Waals surface area (Å²) in [5.74, 6) is -0.730. The SMILES string of the molecule is CC(CO)(c1ccccc1)N1C(=O)c2ccccc2C1=O. The molecule has 2 amide bonds. The van der Waals surface area contributed by atoms with Crippen LogP contribution in [0.15, 0.2) is 54.6 Å². The summed E-state index contributed by atoms with van der Waals surface area (Å²) >= 11 is 0. The molecule has 21 heavy (non-hydrogen) atoms. The van der Waals surface area contributed by atoms with Gasteiger partial charge in [-0.2, -0.15) is 0 Å². The Morgan fingerprint density at radius 3 is 1.86 bits per heavy atom. The Balaban J connectivity index is 2.12. The Kier molecular flexibility index (Phi) is 3.11. The number of aliphatic hydroxyl groups is 1. The molecule has 0 fully saturated rings. The maximum Gasteiger partial charge on any atom is 0.262 e. The molecule has 0 spiro atoms. The molecular weight excluding hydrogens is 266 g/mol. The highest BCUT2D eigenvalue weighted by molar-refractivity contribution is 6.21. The monoisotopic (exact) mass is 281 g/mol. The van der Waals surface area contributed by atoms with Crippen molar-refractivity contribution in [1.29, 1.82) is 0 Å². The van der Waals surface area contributed by atoms with Crippen molar-refractivity contribution in [3.8, 4) is 0 Å². The van der Waals surface area contributed by atoms with Crippen LogP contribution in [0.4, 0.5) is 0 Å². The Hall–Kier alpha value is -2.46. The molecule has 1 aliphatic rings. The molecule has 1 N–H and O–H groups in total. The fourth-order valence-electron chi connectivity index (χ4n) is 2.73. The van der Waals surface area contributed by atoms with E-state index in [9.17, 15) is 14.7 Å². The molecule has 1 unspecified atom stereocenters. The molecular formula is C17H15NO3. The van der Waals surface area contributed by atoms with Crippen LogP contribution >= 0.6 is 0 Å². The van der Waals surface area contributed by atoms with E-state index in [0.717, 1.165) is 10.5 Å². The van der Waals surface area contributed by atoms with Crippen molar-refractivity contribution in [3.63, 3.8) is 0 Å². The molecule has 1 atom stereocenters. The van der Waals surface area contributed by atoms with Crippen molar-refractivity contribution in [2.75, 3.05) is 6.61 Å². The van der Waals surface area contributed by atoms with Crippen molar-refractivity contribution in [2.24, 2.45) is 0 Å². The number of fused-ring (bicyclic) bond motifs is 1. The summed E-state index contributed by atoms with van der Waals surface area (Å²) in [4.78, 5) is 26.3. The van der Waals surface area contributed by atoms with Crippen LogP contribution in [-0.2, 0) is 5.54 Å². The number of nitrogens with zero attached hydrogens (tertiary/aromatic N) is 1. The molecule has 0 saturated heterocycles. The van der Waals surface area contributed by atoms with Gasteiger partial charge >= 0.3 is 0 Å². The molecule has 106 valence electrons. The molecule has 4 heteroatoms. The second-order valence-electron chi connectivity index (χ2n) is 5.29. The lowest BCUT2D eigenvalue weighted by Gasteiger charge is -2.36. The molecule has 0 bridgehead atoms. The third kappa shape index (κ3) is 1.87. The van der Waals surface area contributed by atoms with Gasteiger partial charge in [-0.25, -0.2) is 0 Å². The van der Waals surface area contributed by atoms with Gasteiger partial charge in [0.05, 0.1) is 23.3 Å². The van der Waals surface area contributed by atoms with Crippen molar-refractivity contribution in [1.82, 2.24) is 4.90 Å². The van der Waals surface area contributed by atoms with E-state index < -0.39 is 5.54 Å². The summed E-state index contributed by atoms with van der Waals surface area (Å²) in [5.41, 5.74) is 0.423. The summed E-state index contributed by atoms with van der Waals surface area (Å²) < 4.78 is 0. The highest BCUT2D eigenvalue weighted by Crippen LogP contribution is 2.35. The third-order valence-electron chi connectivity index (χ3n) is 3.99. The van der Waals surface area contributed by atoms with E-state index in [1.165, 1.54) is 0 Å². The highest BCUT2D eigenvalue weighted by atomic mass is 16.3. The van der Waals surface area contributed by atoms with E-state index in [4.69, 9.17) is 0 Å². The van der Waals surface area contributed by atoms with Gasteiger partial charge in [-0.15, -0.1) is 0 Å². The normalized spacial score (nSPS) is 16.8. The Morgan fingerprint density at radius 1 is 0.905 bits per heavy atom. The lowest BCUT2D eigenvalue weighted by Crippen LogP contribution is -2.49. The number of imide groups is 1. The van der Waals surface area contributed by atoms with Gasteiger partial charge in [-0.1, -0.05) is 42.5 Å². The van der Waals surface area contributed by atoms with Crippen molar-refractivity contribution < 1.29 is 14.7 Å². The van der Waals surface area contributed by atoms with Crippen molar-refractivity contribution in [2.45, 2.75) is 12.5 Å². The van der Waals surface area contributed by atoms with Gasteiger partial charge < -0.3 is 5.11 Å². The molecule has 0 saturated carbocycles. The predicted molar refractivity (Wildman–Crippen MR) is 77.8 cm³/mol. The van der Waals surface area contributed by atoms with Crippen LogP contribution in [0.1, 0.15) is 33.2 Å². The van der Waals surface area contributed by atoms with Gasteiger partial charge in [0.25, 0.3) is 11.8 Å². The summed E-state index contributed by atoms with van der Waals surface area (Å²) in [6.07, 6.45) is 0. The van der Waals surface area contributed by atoms with E-state index in [-0.39, 0.29) is 18.4 Å². The molecule has 0 radical (unpaired) electrons. The number of hydrogen-bond donors (Lipinski definition) is 1. The van der Waals surface area contributed by atoms with E-state index in [2.05, 4.69) is 0 Å². The second-order valence-corrected chi connectivity index (χ2v) is 5.29. The number of amides is 2. The lowest BCUT2D eigenvalue weighted by atomic mass is 9.91. The zero-order valence-electron chi connectivity index (χ0n) is 11.6. The first kappa shape index (κ1) is 13.5. The number of carbonyl (C=O) groups is 2. The molecule has 0 aliphatic carbocycles. The van der Waals surface area contributed by atoms with Crippen LogP contribution in [0.5, 0.6) is 0 Å². The van der Waals surface area contributed by atoms with Gasteiger partial charge in [-0.05, 0) is 24.6 Å². The average Bonchev–Trinajstić information content (AvgIpc) is 2.80. The smallest absolute Gasteiger partial charge is 0.262 e. The summed E-state index contributed by atoms with van der Waals surface area (Å²) in [7, 11) is 0. The number of aliphatic hydroxyl groups excluding tert-OH is 1. The quantitative estimate of drug-likeness (QED) is 0.877. The van der Waals surface area contributed by atoms with Crippen LogP contribution in [0, 0.1) is 0 Å². The highest BCUT2D eigenvalue weighted by Gasteiger charge is 2.46. The Labute approximate surface area is 122 Å². The Morgan fingerprint density at radius 2 is 1.38 bits per heavy atom. The second kappa shape index (κ2) is 4.82. The number of carbonyl (C=O) groups excluding carboxylic acids is 2.